The van der Waals surface area contributed by atoms with Crippen molar-refractivity contribution < 1.29 is 14.3 Å². The molecule has 0 radical (unpaired) electrons. The van der Waals surface area contributed by atoms with Gasteiger partial charge in [0.1, 0.15) is 6.10 Å². The topological polar surface area (TPSA) is 35.5 Å². The minimum atomic E-state index is -0.448. The molecule has 3 rings (SSSR count). The van der Waals surface area contributed by atoms with Crippen LogP contribution in [0.3, 0.4) is 0 Å². The monoisotopic (exact) mass is 248 g/mol. The number of ketones is 1. The fourth-order valence-corrected chi connectivity index (χ4v) is 2.92. The normalized spacial score (nSPS) is 20.6. The smallest absolute Gasteiger partial charge is 0.195 e. The highest BCUT2D eigenvalue weighted by molar-refractivity contribution is 7.17. The van der Waals surface area contributed by atoms with Gasteiger partial charge in [-0.25, -0.2) is 0 Å². The van der Waals surface area contributed by atoms with E-state index in [1.165, 1.54) is 0 Å². The maximum absolute atomic E-state index is 12.3. The number of hydrogen-bond donors (Lipinski definition) is 0. The van der Waals surface area contributed by atoms with Crippen molar-refractivity contribution in [2.24, 2.45) is 0 Å². The molecule has 1 aliphatic rings. The first kappa shape index (κ1) is 10.9. The summed E-state index contributed by atoms with van der Waals surface area (Å²) in [6.07, 6.45) is -0.448. The molecule has 0 saturated carbocycles. The first-order valence-corrected chi connectivity index (χ1v) is 6.44. The summed E-state index contributed by atoms with van der Waals surface area (Å²) in [7, 11) is 0. The van der Waals surface area contributed by atoms with Gasteiger partial charge in [-0.1, -0.05) is 12.1 Å². The molecular formula is C13H12O3S. The molecule has 0 bridgehead atoms. The molecular weight excluding hydrogens is 236 g/mol. The average molecular weight is 248 g/mol. The van der Waals surface area contributed by atoms with Crippen LogP contribution in [0.25, 0.3) is 10.1 Å². The van der Waals surface area contributed by atoms with Gasteiger partial charge in [0.2, 0.25) is 0 Å². The van der Waals surface area contributed by atoms with Crippen molar-refractivity contribution in [1.29, 1.82) is 0 Å². The van der Waals surface area contributed by atoms with E-state index in [9.17, 15) is 4.79 Å². The molecule has 1 atom stereocenters. The Morgan fingerprint density at radius 2 is 2.24 bits per heavy atom. The number of hydrogen-bond acceptors (Lipinski definition) is 4. The van der Waals surface area contributed by atoms with Crippen molar-refractivity contribution in [3.8, 4) is 0 Å². The molecule has 17 heavy (non-hydrogen) atoms. The molecule has 0 aliphatic carbocycles. The molecule has 88 valence electrons. The molecule has 2 heterocycles. The molecule has 1 unspecified atom stereocenters. The lowest BCUT2D eigenvalue weighted by molar-refractivity contribution is -0.0718. The van der Waals surface area contributed by atoms with Gasteiger partial charge in [-0.2, -0.15) is 0 Å². The molecule has 0 amide bonds. The number of Topliss-reactive ketones (excluding diaryl/α,β-unsaturated/α-hetero) is 1. The third-order valence-electron chi connectivity index (χ3n) is 2.85. The van der Waals surface area contributed by atoms with Crippen molar-refractivity contribution in [3.05, 3.63) is 35.2 Å². The summed E-state index contributed by atoms with van der Waals surface area (Å²) in [5.41, 5.74) is 0.744. The second-order valence-electron chi connectivity index (χ2n) is 3.94. The highest BCUT2D eigenvalue weighted by Crippen LogP contribution is 2.26. The van der Waals surface area contributed by atoms with E-state index < -0.39 is 6.10 Å². The quantitative estimate of drug-likeness (QED) is 0.766. The third kappa shape index (κ3) is 1.99. The Hall–Kier alpha value is -1.23. The van der Waals surface area contributed by atoms with E-state index >= 15 is 0 Å². The minimum absolute atomic E-state index is 0.0257. The number of rotatable bonds is 2. The standard InChI is InChI=1S/C13H12O3S/c14-12(11-8-15-5-6-16-11)10-3-1-2-9-4-7-17-13(9)10/h1-4,7,11H,5-6,8H2. The van der Waals surface area contributed by atoms with Gasteiger partial charge < -0.3 is 9.47 Å². The zero-order valence-electron chi connectivity index (χ0n) is 9.22. The number of fused-ring (bicyclic) bond motifs is 1. The molecule has 1 saturated heterocycles. The van der Waals surface area contributed by atoms with Gasteiger partial charge in [-0.3, -0.25) is 4.79 Å². The summed E-state index contributed by atoms with van der Waals surface area (Å²) in [6.45, 7) is 1.43. The average Bonchev–Trinajstić information content (AvgIpc) is 2.87. The third-order valence-corrected chi connectivity index (χ3v) is 3.82. The van der Waals surface area contributed by atoms with Crippen LogP contribution >= 0.6 is 11.3 Å². The van der Waals surface area contributed by atoms with Crippen LogP contribution in [-0.2, 0) is 9.47 Å². The van der Waals surface area contributed by atoms with Gasteiger partial charge >= 0.3 is 0 Å². The summed E-state index contributed by atoms with van der Waals surface area (Å²) in [5.74, 6) is 0.0257. The maximum atomic E-state index is 12.3. The molecule has 2 aromatic rings. The van der Waals surface area contributed by atoms with Gasteiger partial charge in [0.25, 0.3) is 0 Å². The number of carbonyl (C=O) groups is 1. The molecule has 4 heteroatoms. The second kappa shape index (κ2) is 4.56. The van der Waals surface area contributed by atoms with Gasteiger partial charge in [0, 0.05) is 10.3 Å². The van der Waals surface area contributed by atoms with Gasteiger partial charge in [0.15, 0.2) is 5.78 Å². The predicted molar refractivity (Wildman–Crippen MR) is 66.7 cm³/mol. The van der Waals surface area contributed by atoms with Crippen LogP contribution in [-0.4, -0.2) is 31.7 Å². The molecule has 0 N–H and O–H groups in total. The van der Waals surface area contributed by atoms with E-state index in [1.807, 2.05) is 29.6 Å². The van der Waals surface area contributed by atoms with Crippen LogP contribution in [0.15, 0.2) is 29.6 Å². The van der Waals surface area contributed by atoms with Crippen LogP contribution in [0.2, 0.25) is 0 Å². The summed E-state index contributed by atoms with van der Waals surface area (Å²) in [6, 6.07) is 7.81. The van der Waals surface area contributed by atoms with E-state index in [0.29, 0.717) is 19.8 Å². The lowest BCUT2D eigenvalue weighted by Gasteiger charge is -2.21. The fourth-order valence-electron chi connectivity index (χ4n) is 2.00. The van der Waals surface area contributed by atoms with Gasteiger partial charge in [-0.15, -0.1) is 11.3 Å². The van der Waals surface area contributed by atoms with E-state index in [0.717, 1.165) is 15.6 Å². The Morgan fingerprint density at radius 3 is 3.06 bits per heavy atom. The SMILES string of the molecule is O=C(c1cccc2ccsc12)C1COCCO1. The first-order chi connectivity index (χ1) is 8.36. The second-order valence-corrected chi connectivity index (χ2v) is 4.86. The summed E-state index contributed by atoms with van der Waals surface area (Å²) < 4.78 is 11.8. The summed E-state index contributed by atoms with van der Waals surface area (Å²) in [5, 5.41) is 3.11. The van der Waals surface area contributed by atoms with Crippen molar-refractivity contribution >= 4 is 27.2 Å². The van der Waals surface area contributed by atoms with E-state index in [4.69, 9.17) is 9.47 Å². The highest BCUT2D eigenvalue weighted by Gasteiger charge is 2.25. The Bertz CT molecular complexity index is 540. The number of benzene rings is 1. The lowest BCUT2D eigenvalue weighted by atomic mass is 10.0. The van der Waals surface area contributed by atoms with E-state index in [2.05, 4.69) is 0 Å². The Kier molecular flexibility index (Phi) is 2.93. The number of carbonyl (C=O) groups excluding carboxylic acids is 1. The largest absolute Gasteiger partial charge is 0.376 e. The van der Waals surface area contributed by atoms with Crippen LogP contribution in [0.4, 0.5) is 0 Å². The van der Waals surface area contributed by atoms with Gasteiger partial charge in [0.05, 0.1) is 19.8 Å². The van der Waals surface area contributed by atoms with Crippen LogP contribution < -0.4 is 0 Å². The van der Waals surface area contributed by atoms with Crippen LogP contribution in [0.1, 0.15) is 10.4 Å². The van der Waals surface area contributed by atoms with Crippen molar-refractivity contribution in [2.45, 2.75) is 6.10 Å². The molecule has 1 aliphatic heterocycles. The molecule has 3 nitrogen and oxygen atoms in total. The summed E-state index contributed by atoms with van der Waals surface area (Å²) >= 11 is 1.59. The van der Waals surface area contributed by atoms with Gasteiger partial charge in [-0.05, 0) is 22.9 Å². The van der Waals surface area contributed by atoms with Crippen molar-refractivity contribution in [1.82, 2.24) is 0 Å². The fraction of sp³-hybridized carbons (Fsp3) is 0.308. The number of thiophene rings is 1. The zero-order chi connectivity index (χ0) is 11.7. The minimum Gasteiger partial charge on any atom is -0.376 e. The van der Waals surface area contributed by atoms with E-state index in [1.54, 1.807) is 11.3 Å². The molecule has 1 aromatic carbocycles. The molecule has 1 fully saturated rings. The van der Waals surface area contributed by atoms with Crippen LogP contribution in [0.5, 0.6) is 0 Å². The predicted octanol–water partition coefficient (Wildman–Crippen LogP) is 2.50. The molecule has 1 aromatic heterocycles. The zero-order valence-corrected chi connectivity index (χ0v) is 10.0. The van der Waals surface area contributed by atoms with Crippen molar-refractivity contribution in [2.75, 3.05) is 19.8 Å². The Morgan fingerprint density at radius 1 is 1.29 bits per heavy atom. The van der Waals surface area contributed by atoms with E-state index in [-0.39, 0.29) is 5.78 Å². The maximum Gasteiger partial charge on any atom is 0.195 e. The lowest BCUT2D eigenvalue weighted by Crippen LogP contribution is -2.35. The Labute approximate surface area is 103 Å². The Balaban J connectivity index is 1.97. The first-order valence-electron chi connectivity index (χ1n) is 5.56. The molecule has 0 spiro atoms. The summed E-state index contributed by atoms with van der Waals surface area (Å²) in [4.78, 5) is 12.3. The highest BCUT2D eigenvalue weighted by atomic mass is 32.1. The van der Waals surface area contributed by atoms with Crippen LogP contribution in [0, 0.1) is 0 Å². The van der Waals surface area contributed by atoms with Crippen molar-refractivity contribution in [3.63, 3.8) is 0 Å². The number of ether oxygens (including phenoxy) is 2.